The van der Waals surface area contributed by atoms with Gasteiger partial charge in [-0.3, -0.25) is 19.3 Å². The van der Waals surface area contributed by atoms with Crippen molar-refractivity contribution in [3.8, 4) is 5.75 Å². The highest BCUT2D eigenvalue weighted by Gasteiger charge is 2.40. The molecule has 31 heavy (non-hydrogen) atoms. The van der Waals surface area contributed by atoms with E-state index in [0.717, 1.165) is 32.1 Å². The van der Waals surface area contributed by atoms with Crippen LogP contribution in [0.3, 0.4) is 0 Å². The third-order valence-corrected chi connectivity index (χ3v) is 5.81. The number of hydrogen-bond donors (Lipinski definition) is 2. The Hall–Kier alpha value is -3.68. The van der Waals surface area contributed by atoms with Crippen molar-refractivity contribution in [1.82, 2.24) is 4.90 Å². The molecule has 8 heteroatoms. The molecule has 2 aromatic carbocycles. The van der Waals surface area contributed by atoms with Crippen LogP contribution in [0.15, 0.2) is 36.4 Å². The largest absolute Gasteiger partial charge is 0.505 e. The monoisotopic (exact) mass is 422 g/mol. The molecule has 1 heterocycles. The van der Waals surface area contributed by atoms with E-state index in [1.54, 1.807) is 0 Å². The van der Waals surface area contributed by atoms with Crippen LogP contribution in [0.5, 0.6) is 5.75 Å². The molecule has 3 amide bonds. The molecule has 1 aliphatic carbocycles. The lowest BCUT2D eigenvalue weighted by Gasteiger charge is -2.29. The highest BCUT2D eigenvalue weighted by Crippen LogP contribution is 2.32. The normalized spacial score (nSPS) is 16.2. The molecule has 0 unspecified atom stereocenters. The van der Waals surface area contributed by atoms with Gasteiger partial charge in [0.15, 0.2) is 5.75 Å². The number of carbonyl (C=O) groups is 4. The van der Waals surface area contributed by atoms with Gasteiger partial charge in [-0.2, -0.15) is 0 Å². The zero-order valence-electron chi connectivity index (χ0n) is 17.0. The topological polar surface area (TPSA) is 113 Å². The number of anilines is 1. The van der Waals surface area contributed by atoms with E-state index < -0.39 is 17.6 Å². The molecular formula is C23H22N2O6. The molecular weight excluding hydrogens is 400 g/mol. The van der Waals surface area contributed by atoms with Crippen LogP contribution in [0.2, 0.25) is 0 Å². The van der Waals surface area contributed by atoms with Crippen molar-refractivity contribution in [1.29, 1.82) is 0 Å². The summed E-state index contributed by atoms with van der Waals surface area (Å²) in [6.07, 6.45) is 4.68. The molecule has 1 fully saturated rings. The average Bonchev–Trinajstić information content (AvgIpc) is 3.04. The fourth-order valence-electron chi connectivity index (χ4n) is 4.19. The Bertz CT molecular complexity index is 1090. The third kappa shape index (κ3) is 3.65. The molecule has 0 radical (unpaired) electrons. The van der Waals surface area contributed by atoms with Crippen LogP contribution in [0, 0.1) is 0 Å². The molecule has 2 aromatic rings. The molecule has 0 atom stereocenters. The number of imide groups is 1. The second-order valence-corrected chi connectivity index (χ2v) is 7.68. The van der Waals surface area contributed by atoms with Gasteiger partial charge in [0.1, 0.15) is 5.56 Å². The SMILES string of the molecule is COC(=O)c1cccc(NC(=O)c2ccc3c(c2)C(=O)N(C2CCCCC2)C3=O)c1O. The number of ether oxygens (including phenoxy) is 1. The van der Waals surface area contributed by atoms with Crippen LogP contribution in [0.1, 0.15) is 73.5 Å². The number of benzene rings is 2. The maximum Gasteiger partial charge on any atom is 0.341 e. The van der Waals surface area contributed by atoms with Crippen molar-refractivity contribution >= 4 is 29.4 Å². The smallest absolute Gasteiger partial charge is 0.341 e. The summed E-state index contributed by atoms with van der Waals surface area (Å²) in [6, 6.07) is 8.55. The van der Waals surface area contributed by atoms with Gasteiger partial charge >= 0.3 is 5.97 Å². The molecule has 0 spiro atoms. The van der Waals surface area contributed by atoms with Gasteiger partial charge in [-0.1, -0.05) is 25.3 Å². The third-order valence-electron chi connectivity index (χ3n) is 5.81. The zero-order chi connectivity index (χ0) is 22.1. The van der Waals surface area contributed by atoms with Crippen molar-refractivity contribution in [3.63, 3.8) is 0 Å². The zero-order valence-corrected chi connectivity index (χ0v) is 17.0. The summed E-state index contributed by atoms with van der Waals surface area (Å²) in [5, 5.41) is 12.8. The van der Waals surface area contributed by atoms with E-state index in [0.29, 0.717) is 5.56 Å². The van der Waals surface area contributed by atoms with Gasteiger partial charge in [-0.15, -0.1) is 0 Å². The molecule has 8 nitrogen and oxygen atoms in total. The number of hydrogen-bond acceptors (Lipinski definition) is 6. The maximum absolute atomic E-state index is 12.9. The molecule has 160 valence electrons. The van der Waals surface area contributed by atoms with Gasteiger partial charge < -0.3 is 15.2 Å². The van der Waals surface area contributed by atoms with Crippen LogP contribution in [-0.4, -0.2) is 46.8 Å². The van der Waals surface area contributed by atoms with Crippen molar-refractivity contribution in [3.05, 3.63) is 58.7 Å². The maximum atomic E-state index is 12.9. The number of nitrogens with one attached hydrogen (secondary N) is 1. The number of para-hydroxylation sites is 1. The first kappa shape index (κ1) is 20.6. The molecule has 0 aromatic heterocycles. The van der Waals surface area contributed by atoms with Gasteiger partial charge in [0.2, 0.25) is 0 Å². The lowest BCUT2D eigenvalue weighted by atomic mass is 9.94. The Morgan fingerprint density at radius 1 is 1.03 bits per heavy atom. The van der Waals surface area contributed by atoms with Gasteiger partial charge in [-0.05, 0) is 43.2 Å². The second-order valence-electron chi connectivity index (χ2n) is 7.68. The van der Waals surface area contributed by atoms with E-state index in [2.05, 4.69) is 10.1 Å². The molecule has 2 N–H and O–H groups in total. The van der Waals surface area contributed by atoms with E-state index in [1.807, 2.05) is 0 Å². The van der Waals surface area contributed by atoms with Crippen molar-refractivity contribution in [2.24, 2.45) is 0 Å². The van der Waals surface area contributed by atoms with Crippen molar-refractivity contribution < 1.29 is 29.0 Å². The number of esters is 1. The lowest BCUT2D eigenvalue weighted by molar-refractivity contribution is 0.0546. The van der Waals surface area contributed by atoms with Crippen LogP contribution in [0.4, 0.5) is 5.69 Å². The van der Waals surface area contributed by atoms with Crippen LogP contribution in [-0.2, 0) is 4.74 Å². The molecule has 0 saturated heterocycles. The van der Waals surface area contributed by atoms with Crippen LogP contribution >= 0.6 is 0 Å². The number of phenols is 1. The number of methoxy groups -OCH3 is 1. The second kappa shape index (κ2) is 8.22. The first-order valence-electron chi connectivity index (χ1n) is 10.2. The summed E-state index contributed by atoms with van der Waals surface area (Å²) in [4.78, 5) is 51.5. The molecule has 1 saturated carbocycles. The molecule has 4 rings (SSSR count). The predicted molar refractivity (Wildman–Crippen MR) is 111 cm³/mol. The summed E-state index contributed by atoms with van der Waals surface area (Å²) >= 11 is 0. The van der Waals surface area contributed by atoms with E-state index in [9.17, 15) is 24.3 Å². The average molecular weight is 422 g/mol. The number of fused-ring (bicyclic) bond motifs is 1. The van der Waals surface area contributed by atoms with Crippen LogP contribution in [0.25, 0.3) is 0 Å². The van der Waals surface area contributed by atoms with E-state index in [-0.39, 0.29) is 40.2 Å². The lowest BCUT2D eigenvalue weighted by Crippen LogP contribution is -2.40. The van der Waals surface area contributed by atoms with Crippen LogP contribution < -0.4 is 5.32 Å². The Morgan fingerprint density at radius 3 is 2.45 bits per heavy atom. The Labute approximate surface area is 178 Å². The summed E-state index contributed by atoms with van der Waals surface area (Å²) in [5.74, 6) is -2.44. The van der Waals surface area contributed by atoms with Gasteiger partial charge in [0.25, 0.3) is 17.7 Å². The Morgan fingerprint density at radius 2 is 1.74 bits per heavy atom. The number of aromatic hydroxyl groups is 1. The standard InChI is InChI=1S/C23H22N2O6/c1-31-23(30)16-8-5-9-18(19(16)26)24-20(27)13-10-11-15-17(12-13)22(29)25(21(15)28)14-6-3-2-4-7-14/h5,8-12,14,26H,2-4,6-7H2,1H3,(H,24,27). The van der Waals surface area contributed by atoms with E-state index in [1.165, 1.54) is 48.4 Å². The summed E-state index contributed by atoms with van der Waals surface area (Å²) in [6.45, 7) is 0. The minimum Gasteiger partial charge on any atom is -0.505 e. The first-order chi connectivity index (χ1) is 14.9. The number of amides is 3. The molecule has 1 aliphatic heterocycles. The van der Waals surface area contributed by atoms with E-state index >= 15 is 0 Å². The van der Waals surface area contributed by atoms with Gasteiger partial charge in [0.05, 0.1) is 23.9 Å². The quantitative estimate of drug-likeness (QED) is 0.444. The number of rotatable bonds is 4. The molecule has 2 aliphatic rings. The highest BCUT2D eigenvalue weighted by molar-refractivity contribution is 6.22. The van der Waals surface area contributed by atoms with E-state index in [4.69, 9.17) is 0 Å². The fourth-order valence-corrected chi connectivity index (χ4v) is 4.19. The Balaban J connectivity index is 1.58. The van der Waals surface area contributed by atoms with Crippen molar-refractivity contribution in [2.45, 2.75) is 38.1 Å². The number of nitrogens with zero attached hydrogens (tertiary/aromatic N) is 1. The number of carbonyl (C=O) groups excluding carboxylic acids is 4. The number of phenolic OH excluding ortho intramolecular Hbond substituents is 1. The van der Waals surface area contributed by atoms with Gasteiger partial charge in [-0.25, -0.2) is 4.79 Å². The minimum absolute atomic E-state index is 0.0274. The summed E-state index contributed by atoms with van der Waals surface area (Å²) in [7, 11) is 1.19. The predicted octanol–water partition coefficient (Wildman–Crippen LogP) is 3.36. The Kier molecular flexibility index (Phi) is 5.46. The minimum atomic E-state index is -0.738. The first-order valence-corrected chi connectivity index (χ1v) is 10.2. The summed E-state index contributed by atoms with van der Waals surface area (Å²) < 4.78 is 4.61. The van der Waals surface area contributed by atoms with Crippen molar-refractivity contribution in [2.75, 3.05) is 12.4 Å². The van der Waals surface area contributed by atoms with Gasteiger partial charge in [0, 0.05) is 11.6 Å². The fraction of sp³-hybridized carbons (Fsp3) is 0.304. The molecule has 0 bridgehead atoms. The summed E-state index contributed by atoms with van der Waals surface area (Å²) in [5.41, 5.74) is 0.601. The highest BCUT2D eigenvalue weighted by atomic mass is 16.5.